The summed E-state index contributed by atoms with van der Waals surface area (Å²) < 4.78 is 5.56. The van der Waals surface area contributed by atoms with Crippen LogP contribution in [0.5, 0.6) is 5.75 Å². The summed E-state index contributed by atoms with van der Waals surface area (Å²) in [6.45, 7) is 4.45. The first kappa shape index (κ1) is 19.4. The molecule has 0 unspecified atom stereocenters. The summed E-state index contributed by atoms with van der Waals surface area (Å²) in [6.07, 6.45) is 4.08. The highest BCUT2D eigenvalue weighted by atomic mass is 16.5. The highest BCUT2D eigenvalue weighted by Crippen LogP contribution is 2.17. The molecule has 1 heterocycles. The molecule has 26 heavy (non-hydrogen) atoms. The van der Waals surface area contributed by atoms with Crippen molar-refractivity contribution in [2.24, 2.45) is 0 Å². The number of amides is 2. The van der Waals surface area contributed by atoms with Gasteiger partial charge in [-0.2, -0.15) is 0 Å². The molecule has 0 aliphatic carbocycles. The summed E-state index contributed by atoms with van der Waals surface area (Å²) in [4.78, 5) is 29.8. The predicted molar refractivity (Wildman–Crippen MR) is 101 cm³/mol. The fraction of sp³-hybridized carbons (Fsp3) is 0.350. The van der Waals surface area contributed by atoms with Crippen molar-refractivity contribution in [1.29, 1.82) is 0 Å². The van der Waals surface area contributed by atoms with Gasteiger partial charge in [0.1, 0.15) is 12.2 Å². The molecular formula is C20H25N3O3. The summed E-state index contributed by atoms with van der Waals surface area (Å²) in [7, 11) is 1.70. The van der Waals surface area contributed by atoms with Crippen molar-refractivity contribution in [2.45, 2.75) is 32.8 Å². The molecule has 2 rings (SSSR count). The van der Waals surface area contributed by atoms with E-state index in [1.807, 2.05) is 26.0 Å². The molecule has 0 radical (unpaired) electrons. The van der Waals surface area contributed by atoms with Crippen LogP contribution < -0.4 is 10.1 Å². The van der Waals surface area contributed by atoms with Crippen molar-refractivity contribution in [3.8, 4) is 5.75 Å². The minimum absolute atomic E-state index is 0.0933. The minimum Gasteiger partial charge on any atom is -0.491 e. The van der Waals surface area contributed by atoms with E-state index in [1.165, 1.54) is 0 Å². The van der Waals surface area contributed by atoms with E-state index < -0.39 is 0 Å². The first-order chi connectivity index (χ1) is 12.4. The van der Waals surface area contributed by atoms with Crippen LogP contribution in [-0.2, 0) is 16.0 Å². The smallest absolute Gasteiger partial charge is 0.233 e. The summed E-state index contributed by atoms with van der Waals surface area (Å²) in [5, 5.41) is 2.73. The fourth-order valence-electron chi connectivity index (χ4n) is 2.34. The van der Waals surface area contributed by atoms with Gasteiger partial charge in [-0.1, -0.05) is 0 Å². The van der Waals surface area contributed by atoms with Crippen molar-refractivity contribution in [3.05, 3.63) is 54.4 Å². The maximum absolute atomic E-state index is 12.2. The molecule has 0 bridgehead atoms. The average molecular weight is 355 g/mol. The van der Waals surface area contributed by atoms with Gasteiger partial charge in [0, 0.05) is 31.7 Å². The van der Waals surface area contributed by atoms with Gasteiger partial charge in [-0.3, -0.25) is 14.6 Å². The molecule has 0 aliphatic heterocycles. The zero-order valence-corrected chi connectivity index (χ0v) is 15.4. The second kappa shape index (κ2) is 9.56. The van der Waals surface area contributed by atoms with E-state index in [-0.39, 0.29) is 24.3 Å². The van der Waals surface area contributed by atoms with Crippen molar-refractivity contribution < 1.29 is 14.3 Å². The summed E-state index contributed by atoms with van der Waals surface area (Å²) >= 11 is 0. The number of nitrogens with zero attached hydrogens (tertiary/aromatic N) is 2. The van der Waals surface area contributed by atoms with Gasteiger partial charge in [0.15, 0.2) is 0 Å². The molecule has 0 spiro atoms. The topological polar surface area (TPSA) is 71.5 Å². The molecule has 0 saturated carbocycles. The van der Waals surface area contributed by atoms with Gasteiger partial charge in [0.25, 0.3) is 0 Å². The molecule has 1 aromatic carbocycles. The lowest BCUT2D eigenvalue weighted by Gasteiger charge is -2.17. The maximum Gasteiger partial charge on any atom is 0.233 e. The number of carbonyl (C=O) groups excluding carboxylic acids is 2. The number of anilines is 1. The molecule has 1 aromatic heterocycles. The predicted octanol–water partition coefficient (Wildman–Crippen LogP) is 2.90. The number of hydrogen-bond donors (Lipinski definition) is 1. The van der Waals surface area contributed by atoms with Crippen molar-refractivity contribution in [1.82, 2.24) is 9.88 Å². The third-order valence-corrected chi connectivity index (χ3v) is 3.73. The second-order valence-corrected chi connectivity index (χ2v) is 6.34. The molecule has 1 N–H and O–H groups in total. The molecule has 2 amide bonds. The number of likely N-dealkylation sites (N-methyl/N-ethyl adjacent to an activating group) is 1. The molecule has 0 aliphatic rings. The number of carbonyl (C=O) groups is 2. The zero-order valence-electron chi connectivity index (χ0n) is 15.4. The Morgan fingerprint density at radius 2 is 1.77 bits per heavy atom. The summed E-state index contributed by atoms with van der Waals surface area (Å²) in [5.74, 6) is 0.199. The lowest BCUT2D eigenvalue weighted by Crippen LogP contribution is -2.32. The number of ether oxygens (including phenoxy) is 1. The summed E-state index contributed by atoms with van der Waals surface area (Å²) in [6, 6.07) is 10.9. The van der Waals surface area contributed by atoms with E-state index >= 15 is 0 Å². The fourth-order valence-corrected chi connectivity index (χ4v) is 2.34. The molecule has 0 saturated heterocycles. The molecule has 0 fully saturated rings. The molecule has 138 valence electrons. The van der Waals surface area contributed by atoms with E-state index in [4.69, 9.17) is 4.74 Å². The van der Waals surface area contributed by atoms with Crippen LogP contribution in [-0.4, -0.2) is 41.4 Å². The second-order valence-electron chi connectivity index (χ2n) is 6.34. The number of aromatic nitrogens is 1. The Morgan fingerprint density at radius 1 is 1.12 bits per heavy atom. The van der Waals surface area contributed by atoms with Gasteiger partial charge in [-0.15, -0.1) is 0 Å². The van der Waals surface area contributed by atoms with Crippen LogP contribution in [0, 0.1) is 0 Å². The molecule has 6 nitrogen and oxygen atoms in total. The Bertz CT molecular complexity index is 715. The average Bonchev–Trinajstić information content (AvgIpc) is 2.61. The number of rotatable bonds is 8. The van der Waals surface area contributed by atoms with Crippen LogP contribution in [0.3, 0.4) is 0 Å². The Labute approximate surface area is 154 Å². The van der Waals surface area contributed by atoms with Crippen LogP contribution in [0.4, 0.5) is 5.69 Å². The van der Waals surface area contributed by atoms with E-state index in [9.17, 15) is 9.59 Å². The van der Waals surface area contributed by atoms with Crippen molar-refractivity contribution >= 4 is 17.5 Å². The third kappa shape index (κ3) is 6.55. The van der Waals surface area contributed by atoms with Crippen LogP contribution in [0.15, 0.2) is 48.8 Å². The standard InChI is InChI=1S/C20H25N3O3/c1-15(2)26-18-6-4-17(5-7-18)22-19(24)14-20(25)23(3)13-10-16-8-11-21-12-9-16/h4-9,11-12,15H,10,13-14H2,1-3H3,(H,22,24). The van der Waals surface area contributed by atoms with Crippen molar-refractivity contribution in [3.63, 3.8) is 0 Å². The molecule has 6 heteroatoms. The quantitative estimate of drug-likeness (QED) is 0.739. The SMILES string of the molecule is CC(C)Oc1ccc(NC(=O)CC(=O)N(C)CCc2ccncc2)cc1. The maximum atomic E-state index is 12.2. The first-order valence-corrected chi connectivity index (χ1v) is 8.63. The van der Waals surface area contributed by atoms with Gasteiger partial charge in [0.05, 0.1) is 6.10 Å². The van der Waals surface area contributed by atoms with Crippen LogP contribution >= 0.6 is 0 Å². The van der Waals surface area contributed by atoms with Gasteiger partial charge >= 0.3 is 0 Å². The first-order valence-electron chi connectivity index (χ1n) is 8.63. The highest BCUT2D eigenvalue weighted by molar-refractivity contribution is 6.03. The summed E-state index contributed by atoms with van der Waals surface area (Å²) in [5.41, 5.74) is 1.74. The lowest BCUT2D eigenvalue weighted by molar-refractivity contribution is -0.133. The Hall–Kier alpha value is -2.89. The van der Waals surface area contributed by atoms with E-state index in [0.29, 0.717) is 12.2 Å². The Morgan fingerprint density at radius 3 is 2.38 bits per heavy atom. The van der Waals surface area contributed by atoms with Gasteiger partial charge < -0.3 is 15.0 Å². The molecular weight excluding hydrogens is 330 g/mol. The zero-order chi connectivity index (χ0) is 18.9. The normalized spacial score (nSPS) is 10.5. The van der Waals surface area contributed by atoms with Crippen molar-refractivity contribution in [2.75, 3.05) is 18.9 Å². The van der Waals surface area contributed by atoms with Gasteiger partial charge in [-0.25, -0.2) is 0 Å². The lowest BCUT2D eigenvalue weighted by atomic mass is 10.2. The molecule has 2 aromatic rings. The third-order valence-electron chi connectivity index (χ3n) is 3.73. The largest absolute Gasteiger partial charge is 0.491 e. The minimum atomic E-state index is -0.330. The van der Waals surface area contributed by atoms with Crippen LogP contribution in [0.2, 0.25) is 0 Å². The number of pyridine rings is 1. The monoisotopic (exact) mass is 355 g/mol. The number of benzene rings is 1. The van der Waals surface area contributed by atoms with E-state index in [2.05, 4.69) is 10.3 Å². The Balaban J connectivity index is 1.78. The molecule has 0 atom stereocenters. The highest BCUT2D eigenvalue weighted by Gasteiger charge is 2.14. The Kier molecular flexibility index (Phi) is 7.14. The van der Waals surface area contributed by atoms with Crippen LogP contribution in [0.25, 0.3) is 0 Å². The van der Waals surface area contributed by atoms with E-state index in [0.717, 1.165) is 17.7 Å². The van der Waals surface area contributed by atoms with E-state index in [1.54, 1.807) is 48.6 Å². The van der Waals surface area contributed by atoms with Gasteiger partial charge in [0.2, 0.25) is 11.8 Å². The van der Waals surface area contributed by atoms with Gasteiger partial charge in [-0.05, 0) is 62.2 Å². The number of hydrogen-bond acceptors (Lipinski definition) is 4. The number of nitrogens with one attached hydrogen (secondary N) is 1. The van der Waals surface area contributed by atoms with Crippen LogP contribution in [0.1, 0.15) is 25.8 Å².